The van der Waals surface area contributed by atoms with Crippen LogP contribution >= 0.6 is 24.0 Å². The van der Waals surface area contributed by atoms with E-state index in [0.29, 0.717) is 32.4 Å². The van der Waals surface area contributed by atoms with Gasteiger partial charge in [0.05, 0.1) is 0 Å². The van der Waals surface area contributed by atoms with Gasteiger partial charge in [0.2, 0.25) is 11.8 Å². The summed E-state index contributed by atoms with van der Waals surface area (Å²) in [6, 6.07) is 0. The van der Waals surface area contributed by atoms with E-state index < -0.39 is 0 Å². The van der Waals surface area contributed by atoms with E-state index in [9.17, 15) is 9.59 Å². The minimum Gasteiger partial charge on any atom is -0.356 e. The Balaban J connectivity index is 0.00000338. The Bertz CT molecular complexity index is 462. The first-order chi connectivity index (χ1) is 12.1. The lowest BCUT2D eigenvalue weighted by molar-refractivity contribution is -0.147. The molecule has 2 heterocycles. The Morgan fingerprint density at radius 2 is 1.69 bits per heavy atom. The molecule has 0 unspecified atom stereocenters. The zero-order chi connectivity index (χ0) is 18.1. The second kappa shape index (κ2) is 12.5. The van der Waals surface area contributed by atoms with Crippen LogP contribution in [0.3, 0.4) is 0 Å². The molecule has 0 aromatic heterocycles. The number of hydrogen-bond donors (Lipinski definition) is 2. The SMILES string of the molecule is CN=C(NCCCN1CCC(C)CC1)NCCN1C(=O)CCCC1=O.I. The molecule has 2 N–H and O–H groups in total. The first-order valence-electron chi connectivity index (χ1n) is 9.60. The van der Waals surface area contributed by atoms with E-state index in [1.54, 1.807) is 7.05 Å². The maximum absolute atomic E-state index is 11.8. The summed E-state index contributed by atoms with van der Waals surface area (Å²) in [7, 11) is 1.73. The van der Waals surface area contributed by atoms with E-state index in [4.69, 9.17) is 0 Å². The summed E-state index contributed by atoms with van der Waals surface area (Å²) in [5.41, 5.74) is 0. The number of piperidine rings is 2. The topological polar surface area (TPSA) is 77.0 Å². The zero-order valence-corrected chi connectivity index (χ0v) is 18.5. The third kappa shape index (κ3) is 7.77. The van der Waals surface area contributed by atoms with Crippen molar-refractivity contribution in [2.24, 2.45) is 10.9 Å². The molecule has 2 rings (SSSR count). The highest BCUT2D eigenvalue weighted by Crippen LogP contribution is 2.15. The molecule has 0 aliphatic carbocycles. The Labute approximate surface area is 174 Å². The second-order valence-corrected chi connectivity index (χ2v) is 7.10. The van der Waals surface area contributed by atoms with Gasteiger partial charge in [0.15, 0.2) is 5.96 Å². The largest absolute Gasteiger partial charge is 0.356 e. The maximum atomic E-state index is 11.8. The number of rotatable bonds is 7. The van der Waals surface area contributed by atoms with Crippen LogP contribution in [0.25, 0.3) is 0 Å². The van der Waals surface area contributed by atoms with Crippen LogP contribution in [0.15, 0.2) is 4.99 Å². The number of aliphatic imine (C=N–C) groups is 1. The van der Waals surface area contributed by atoms with Gasteiger partial charge in [-0.2, -0.15) is 0 Å². The average Bonchev–Trinajstić information content (AvgIpc) is 2.61. The fraction of sp³-hybridized carbons (Fsp3) is 0.833. The smallest absolute Gasteiger partial charge is 0.229 e. The lowest BCUT2D eigenvalue weighted by Crippen LogP contribution is -2.46. The number of amides is 2. The molecule has 0 saturated carbocycles. The highest BCUT2D eigenvalue weighted by atomic mass is 127. The fourth-order valence-corrected chi connectivity index (χ4v) is 3.35. The molecule has 2 fully saturated rings. The molecule has 2 aliphatic heterocycles. The molecular weight excluding hydrogens is 445 g/mol. The summed E-state index contributed by atoms with van der Waals surface area (Å²) in [5, 5.41) is 6.48. The van der Waals surface area contributed by atoms with Gasteiger partial charge >= 0.3 is 0 Å². The molecule has 0 aromatic rings. The lowest BCUT2D eigenvalue weighted by Gasteiger charge is -2.30. The van der Waals surface area contributed by atoms with Crippen LogP contribution in [0.2, 0.25) is 0 Å². The minimum absolute atomic E-state index is 0. The number of carbonyl (C=O) groups is 2. The van der Waals surface area contributed by atoms with Gasteiger partial charge in [-0.15, -0.1) is 24.0 Å². The predicted molar refractivity (Wildman–Crippen MR) is 115 cm³/mol. The van der Waals surface area contributed by atoms with Crippen LogP contribution in [0.4, 0.5) is 0 Å². The number of nitrogens with one attached hydrogen (secondary N) is 2. The minimum atomic E-state index is -0.0585. The van der Waals surface area contributed by atoms with Crippen molar-refractivity contribution in [2.45, 2.75) is 45.4 Å². The van der Waals surface area contributed by atoms with E-state index in [0.717, 1.165) is 31.4 Å². The van der Waals surface area contributed by atoms with Gasteiger partial charge in [-0.1, -0.05) is 6.92 Å². The standard InChI is InChI=1S/C18H33N5O2.HI/c1-15-7-12-22(13-8-15)11-4-9-20-18(19-2)21-10-14-23-16(24)5-3-6-17(23)25;/h15H,3-14H2,1-2H3,(H2,19,20,21);1H. The van der Waals surface area contributed by atoms with Gasteiger partial charge in [-0.3, -0.25) is 19.5 Å². The van der Waals surface area contributed by atoms with Gasteiger partial charge in [0.1, 0.15) is 0 Å². The van der Waals surface area contributed by atoms with Crippen LogP contribution in [-0.2, 0) is 9.59 Å². The summed E-state index contributed by atoms with van der Waals surface area (Å²) < 4.78 is 0. The summed E-state index contributed by atoms with van der Waals surface area (Å²) in [5.74, 6) is 1.48. The maximum Gasteiger partial charge on any atom is 0.229 e. The Morgan fingerprint density at radius 3 is 2.31 bits per heavy atom. The second-order valence-electron chi connectivity index (χ2n) is 7.10. The van der Waals surface area contributed by atoms with E-state index >= 15 is 0 Å². The van der Waals surface area contributed by atoms with Crippen molar-refractivity contribution in [1.82, 2.24) is 20.4 Å². The van der Waals surface area contributed by atoms with Gasteiger partial charge in [0.25, 0.3) is 0 Å². The van der Waals surface area contributed by atoms with E-state index in [2.05, 4.69) is 27.4 Å². The van der Waals surface area contributed by atoms with Crippen molar-refractivity contribution in [3.8, 4) is 0 Å². The molecule has 0 atom stereocenters. The Kier molecular flexibility index (Phi) is 11.1. The number of nitrogens with zero attached hydrogens (tertiary/aromatic N) is 3. The predicted octanol–water partition coefficient (Wildman–Crippen LogP) is 1.43. The molecule has 7 nitrogen and oxygen atoms in total. The Morgan fingerprint density at radius 1 is 1.08 bits per heavy atom. The summed E-state index contributed by atoms with van der Waals surface area (Å²) in [4.78, 5) is 31.6. The number of halogens is 1. The summed E-state index contributed by atoms with van der Waals surface area (Å²) in [6.07, 6.45) is 5.34. The molecule has 0 aromatic carbocycles. The molecule has 150 valence electrons. The normalized spacial score (nSPS) is 20.1. The first kappa shape index (κ1) is 23.1. The van der Waals surface area contributed by atoms with E-state index in [-0.39, 0.29) is 35.8 Å². The van der Waals surface area contributed by atoms with Gasteiger partial charge < -0.3 is 15.5 Å². The average molecular weight is 479 g/mol. The molecular formula is C18H34IN5O2. The van der Waals surface area contributed by atoms with Crippen LogP contribution in [0, 0.1) is 5.92 Å². The summed E-state index contributed by atoms with van der Waals surface area (Å²) >= 11 is 0. The lowest BCUT2D eigenvalue weighted by atomic mass is 9.99. The van der Waals surface area contributed by atoms with Crippen LogP contribution in [0.1, 0.15) is 45.4 Å². The third-order valence-electron chi connectivity index (χ3n) is 5.05. The van der Waals surface area contributed by atoms with Crippen molar-refractivity contribution < 1.29 is 9.59 Å². The third-order valence-corrected chi connectivity index (χ3v) is 5.05. The van der Waals surface area contributed by atoms with E-state index in [1.807, 2.05) is 0 Å². The van der Waals surface area contributed by atoms with Gasteiger partial charge in [-0.05, 0) is 51.2 Å². The molecule has 8 heteroatoms. The van der Waals surface area contributed by atoms with Crippen molar-refractivity contribution in [3.63, 3.8) is 0 Å². The Hall–Kier alpha value is -0.900. The molecule has 26 heavy (non-hydrogen) atoms. The van der Waals surface area contributed by atoms with Gasteiger partial charge in [0, 0.05) is 39.5 Å². The summed E-state index contributed by atoms with van der Waals surface area (Å²) in [6.45, 7) is 7.68. The van der Waals surface area contributed by atoms with Gasteiger partial charge in [-0.25, -0.2) is 0 Å². The number of imide groups is 1. The van der Waals surface area contributed by atoms with Crippen molar-refractivity contribution in [3.05, 3.63) is 0 Å². The number of hydrogen-bond acceptors (Lipinski definition) is 4. The van der Waals surface area contributed by atoms with Crippen molar-refractivity contribution in [2.75, 3.05) is 46.3 Å². The van der Waals surface area contributed by atoms with Crippen LogP contribution < -0.4 is 10.6 Å². The molecule has 0 spiro atoms. The molecule has 2 amide bonds. The van der Waals surface area contributed by atoms with Crippen molar-refractivity contribution >= 4 is 41.8 Å². The van der Waals surface area contributed by atoms with E-state index in [1.165, 1.54) is 30.8 Å². The number of likely N-dealkylation sites (tertiary alicyclic amines) is 2. The molecule has 0 bridgehead atoms. The van der Waals surface area contributed by atoms with Crippen molar-refractivity contribution in [1.29, 1.82) is 0 Å². The fourth-order valence-electron chi connectivity index (χ4n) is 3.35. The zero-order valence-electron chi connectivity index (χ0n) is 16.1. The molecule has 0 radical (unpaired) electrons. The molecule has 2 saturated heterocycles. The monoisotopic (exact) mass is 479 g/mol. The highest BCUT2D eigenvalue weighted by molar-refractivity contribution is 14.0. The van der Waals surface area contributed by atoms with Crippen LogP contribution in [-0.4, -0.2) is 73.9 Å². The number of guanidine groups is 1. The molecule has 2 aliphatic rings. The van der Waals surface area contributed by atoms with Crippen LogP contribution in [0.5, 0.6) is 0 Å². The number of carbonyl (C=O) groups excluding carboxylic acids is 2. The first-order valence-corrected chi connectivity index (χ1v) is 9.60. The quantitative estimate of drug-likeness (QED) is 0.190. The highest BCUT2D eigenvalue weighted by Gasteiger charge is 2.25.